The van der Waals surface area contributed by atoms with Gasteiger partial charge in [-0.1, -0.05) is 91.0 Å². The molecule has 0 heterocycles. The summed E-state index contributed by atoms with van der Waals surface area (Å²) >= 11 is 0. The molecule has 0 unspecified atom stereocenters. The Balaban J connectivity index is 1.59. The number of hydrogen-bond donors (Lipinski definition) is 0. The van der Waals surface area contributed by atoms with Crippen LogP contribution >= 0.6 is 0 Å². The van der Waals surface area contributed by atoms with E-state index in [1.165, 1.54) is 16.7 Å². The molecule has 3 heteroatoms. The second-order valence-corrected chi connectivity index (χ2v) is 8.86. The summed E-state index contributed by atoms with van der Waals surface area (Å²) in [6, 6.07) is 31.7. The van der Waals surface area contributed by atoms with Gasteiger partial charge in [-0.15, -0.1) is 0 Å². The number of hydrogen-bond acceptors (Lipinski definition) is 2. The van der Waals surface area contributed by atoms with E-state index >= 15 is 0 Å². The maximum absolute atomic E-state index is 13.7. The largest absolute Gasteiger partial charge is 0.342 e. The fourth-order valence-electron chi connectivity index (χ4n) is 5.00. The van der Waals surface area contributed by atoms with E-state index in [2.05, 4.69) is 104 Å². The molecule has 0 aliphatic heterocycles. The monoisotopic (exact) mass is 426 g/mol. The number of carbonyl (C=O) groups is 1. The van der Waals surface area contributed by atoms with Crippen molar-refractivity contribution < 1.29 is 4.79 Å². The van der Waals surface area contributed by atoms with Crippen molar-refractivity contribution in [2.24, 2.45) is 5.92 Å². The van der Waals surface area contributed by atoms with Crippen molar-refractivity contribution in [2.45, 2.75) is 38.8 Å². The van der Waals surface area contributed by atoms with E-state index in [0.717, 1.165) is 39.1 Å². The first-order chi connectivity index (χ1) is 15.7. The topological polar surface area (TPSA) is 23.6 Å². The molecule has 0 bridgehead atoms. The highest BCUT2D eigenvalue weighted by atomic mass is 16.2. The van der Waals surface area contributed by atoms with E-state index in [1.54, 1.807) is 0 Å². The van der Waals surface area contributed by atoms with E-state index in [4.69, 9.17) is 0 Å². The molecule has 0 aromatic heterocycles. The minimum absolute atomic E-state index is 0.290. The van der Waals surface area contributed by atoms with Gasteiger partial charge < -0.3 is 4.90 Å². The second kappa shape index (κ2) is 10.1. The van der Waals surface area contributed by atoms with Crippen LogP contribution in [0.1, 0.15) is 37.0 Å². The van der Waals surface area contributed by atoms with Gasteiger partial charge in [0.15, 0.2) is 0 Å². The number of nitrogens with zero attached hydrogens (tertiary/aromatic N) is 2. The second-order valence-electron chi connectivity index (χ2n) is 8.86. The van der Waals surface area contributed by atoms with E-state index in [0.29, 0.717) is 5.92 Å². The average Bonchev–Trinajstić information content (AvgIpc) is 3.56. The van der Waals surface area contributed by atoms with Crippen LogP contribution in [0.4, 0.5) is 0 Å². The van der Waals surface area contributed by atoms with Crippen molar-refractivity contribution in [1.29, 1.82) is 0 Å². The van der Waals surface area contributed by atoms with Gasteiger partial charge in [-0.05, 0) is 42.9 Å². The van der Waals surface area contributed by atoms with Gasteiger partial charge >= 0.3 is 0 Å². The Bertz CT molecular complexity index is 944. The first kappa shape index (κ1) is 22.3. The zero-order valence-corrected chi connectivity index (χ0v) is 19.3. The summed E-state index contributed by atoms with van der Waals surface area (Å²) in [6.07, 6.45) is 0.923. The summed E-state index contributed by atoms with van der Waals surface area (Å²) in [7, 11) is 0. The van der Waals surface area contributed by atoms with Crippen LogP contribution in [-0.2, 0) is 23.3 Å². The minimum atomic E-state index is -0.390. The number of carbonyl (C=O) groups excluding carboxylic acids is 1. The van der Waals surface area contributed by atoms with E-state index in [-0.39, 0.29) is 11.3 Å². The normalized spacial score (nSPS) is 19.7. The Kier molecular flexibility index (Phi) is 7.06. The Hall–Kier alpha value is -2.91. The van der Waals surface area contributed by atoms with Gasteiger partial charge in [0.1, 0.15) is 0 Å². The molecule has 1 amide bonds. The van der Waals surface area contributed by atoms with Crippen molar-refractivity contribution in [2.75, 3.05) is 19.6 Å². The standard InChI is InChI=1S/C29H34N2O/c1-3-31(4-2)28(32)29(26-18-12-7-13-19-26)20-27(29)23-30(21-24-14-8-5-9-15-24)22-25-16-10-6-11-17-25/h5-19,27H,3-4,20-23H2,1-2H3/t27-,29+/m0/s1. The summed E-state index contributed by atoms with van der Waals surface area (Å²) in [6.45, 7) is 8.35. The highest BCUT2D eigenvalue weighted by molar-refractivity contribution is 5.92. The third kappa shape index (κ3) is 4.78. The minimum Gasteiger partial charge on any atom is -0.342 e. The third-order valence-corrected chi connectivity index (χ3v) is 6.80. The quantitative estimate of drug-likeness (QED) is 0.426. The number of amides is 1. The number of likely N-dealkylation sites (N-methyl/N-ethyl adjacent to an activating group) is 1. The maximum Gasteiger partial charge on any atom is 0.233 e. The molecule has 0 N–H and O–H groups in total. The maximum atomic E-state index is 13.7. The van der Waals surface area contributed by atoms with Gasteiger partial charge in [-0.3, -0.25) is 9.69 Å². The van der Waals surface area contributed by atoms with Crippen LogP contribution in [0.5, 0.6) is 0 Å². The molecule has 3 nitrogen and oxygen atoms in total. The number of benzene rings is 3. The predicted octanol–water partition coefficient (Wildman–Crippen LogP) is 5.52. The zero-order chi connectivity index (χ0) is 22.4. The first-order valence-electron chi connectivity index (χ1n) is 11.8. The van der Waals surface area contributed by atoms with Crippen molar-refractivity contribution in [1.82, 2.24) is 9.80 Å². The van der Waals surface area contributed by atoms with Gasteiger partial charge in [0.25, 0.3) is 0 Å². The molecular formula is C29H34N2O. The summed E-state index contributed by atoms with van der Waals surface area (Å²) in [5.41, 5.74) is 3.40. The summed E-state index contributed by atoms with van der Waals surface area (Å²) < 4.78 is 0. The van der Waals surface area contributed by atoms with Gasteiger partial charge in [-0.25, -0.2) is 0 Å². The Labute approximate surface area is 192 Å². The lowest BCUT2D eigenvalue weighted by Gasteiger charge is -2.28. The molecule has 1 aliphatic carbocycles. The lowest BCUT2D eigenvalue weighted by Crippen LogP contribution is -2.41. The molecule has 0 spiro atoms. The van der Waals surface area contributed by atoms with Crippen molar-refractivity contribution in [3.63, 3.8) is 0 Å². The molecule has 3 aromatic rings. The van der Waals surface area contributed by atoms with Gasteiger partial charge in [0.2, 0.25) is 5.91 Å². The van der Waals surface area contributed by atoms with Crippen LogP contribution in [0.25, 0.3) is 0 Å². The van der Waals surface area contributed by atoms with Crippen molar-refractivity contribution >= 4 is 5.91 Å². The fraction of sp³-hybridized carbons (Fsp3) is 0.345. The molecule has 1 aliphatic rings. The van der Waals surface area contributed by atoms with Crippen molar-refractivity contribution in [3.8, 4) is 0 Å². The zero-order valence-electron chi connectivity index (χ0n) is 19.3. The van der Waals surface area contributed by atoms with Crippen LogP contribution in [0.15, 0.2) is 91.0 Å². The highest BCUT2D eigenvalue weighted by Crippen LogP contribution is 2.56. The molecule has 0 saturated heterocycles. The van der Waals surface area contributed by atoms with E-state index in [9.17, 15) is 4.79 Å². The van der Waals surface area contributed by atoms with Crippen molar-refractivity contribution in [3.05, 3.63) is 108 Å². The molecule has 4 rings (SSSR count). The molecule has 32 heavy (non-hydrogen) atoms. The first-order valence-corrected chi connectivity index (χ1v) is 11.8. The van der Waals surface area contributed by atoms with Crippen LogP contribution < -0.4 is 0 Å². The molecule has 166 valence electrons. The lowest BCUT2D eigenvalue weighted by molar-refractivity contribution is -0.134. The summed E-state index contributed by atoms with van der Waals surface area (Å²) in [5.74, 6) is 0.614. The summed E-state index contributed by atoms with van der Waals surface area (Å²) in [4.78, 5) is 18.2. The molecule has 3 aromatic carbocycles. The molecule has 1 saturated carbocycles. The van der Waals surface area contributed by atoms with Gasteiger partial charge in [-0.2, -0.15) is 0 Å². The molecule has 2 atom stereocenters. The highest BCUT2D eigenvalue weighted by Gasteiger charge is 2.61. The molecular weight excluding hydrogens is 392 g/mol. The smallest absolute Gasteiger partial charge is 0.233 e. The average molecular weight is 427 g/mol. The fourth-order valence-corrected chi connectivity index (χ4v) is 5.00. The molecule has 1 fully saturated rings. The Morgan fingerprint density at radius 1 is 0.781 bits per heavy atom. The lowest BCUT2D eigenvalue weighted by atomic mass is 9.91. The summed E-state index contributed by atoms with van der Waals surface area (Å²) in [5, 5.41) is 0. The van der Waals surface area contributed by atoms with Crippen LogP contribution in [-0.4, -0.2) is 35.3 Å². The van der Waals surface area contributed by atoms with E-state index < -0.39 is 0 Å². The van der Waals surface area contributed by atoms with Crippen LogP contribution in [0.3, 0.4) is 0 Å². The molecule has 0 radical (unpaired) electrons. The Morgan fingerprint density at radius 3 is 1.72 bits per heavy atom. The SMILES string of the molecule is CCN(CC)C(=O)[C@@]1(c2ccccc2)C[C@H]1CN(Cc1ccccc1)Cc1ccccc1. The van der Waals surface area contributed by atoms with Gasteiger partial charge in [0.05, 0.1) is 5.41 Å². The van der Waals surface area contributed by atoms with Crippen LogP contribution in [0, 0.1) is 5.92 Å². The predicted molar refractivity (Wildman–Crippen MR) is 131 cm³/mol. The van der Waals surface area contributed by atoms with Gasteiger partial charge in [0, 0.05) is 32.7 Å². The van der Waals surface area contributed by atoms with E-state index in [1.807, 2.05) is 11.0 Å². The third-order valence-electron chi connectivity index (χ3n) is 6.80. The van der Waals surface area contributed by atoms with Crippen LogP contribution in [0.2, 0.25) is 0 Å². The number of rotatable bonds is 10. The Morgan fingerprint density at radius 2 is 1.25 bits per heavy atom.